The smallest absolute Gasteiger partial charge is 0.201 e. The van der Waals surface area contributed by atoms with Crippen molar-refractivity contribution in [3.63, 3.8) is 0 Å². The van der Waals surface area contributed by atoms with Crippen LogP contribution in [0.2, 0.25) is 19.6 Å². The fraction of sp³-hybridized carbons (Fsp3) is 0.500. The Balaban J connectivity index is 2.73. The van der Waals surface area contributed by atoms with Crippen molar-refractivity contribution in [2.75, 3.05) is 0 Å². The lowest BCUT2D eigenvalue weighted by atomic mass is 9.94. The van der Waals surface area contributed by atoms with Gasteiger partial charge in [0.05, 0.1) is 8.07 Å². The minimum atomic E-state index is -1.36. The van der Waals surface area contributed by atoms with Crippen LogP contribution in [0.15, 0.2) is 30.5 Å². The topological polar surface area (TPSA) is 3.88 Å². The molecule has 0 atom stereocenters. The molecule has 0 amide bonds. The van der Waals surface area contributed by atoms with Gasteiger partial charge in [-0.2, -0.15) is 0 Å². The van der Waals surface area contributed by atoms with Gasteiger partial charge in [-0.05, 0) is 41.5 Å². The molecule has 0 spiro atoms. The summed E-state index contributed by atoms with van der Waals surface area (Å²) in [6.07, 6.45) is 2.40. The summed E-state index contributed by atoms with van der Waals surface area (Å²) in [4.78, 5) is 0. The molecule has 1 aromatic heterocycles. The van der Waals surface area contributed by atoms with Crippen LogP contribution in [-0.2, 0) is 7.05 Å². The average Bonchev–Trinajstić information content (AvgIpc) is 2.46. The lowest BCUT2D eigenvalue weighted by Crippen LogP contribution is -2.47. The molecule has 0 fully saturated rings. The first-order valence-corrected chi connectivity index (χ1v) is 12.7. The van der Waals surface area contributed by atoms with Crippen LogP contribution >= 0.6 is 0 Å². The first kappa shape index (κ1) is 18.9. The van der Waals surface area contributed by atoms with Gasteiger partial charge >= 0.3 is 0 Å². The highest BCUT2D eigenvalue weighted by molar-refractivity contribution is 6.89. The third-order valence-electron chi connectivity index (χ3n) is 4.94. The highest BCUT2D eigenvalue weighted by atomic mass is 28.3. The summed E-state index contributed by atoms with van der Waals surface area (Å²) in [5, 5.41) is 1.58. The van der Waals surface area contributed by atoms with Crippen molar-refractivity contribution in [1.29, 1.82) is 0 Å². The van der Waals surface area contributed by atoms with E-state index in [-0.39, 0.29) is 0 Å². The van der Waals surface area contributed by atoms with E-state index in [9.17, 15) is 0 Å². The molecule has 0 bridgehead atoms. The second-order valence-corrected chi connectivity index (χ2v) is 13.8. The maximum Gasteiger partial charge on any atom is 0.212 e. The molecule has 0 aliphatic heterocycles. The van der Waals surface area contributed by atoms with E-state index < -0.39 is 8.07 Å². The van der Waals surface area contributed by atoms with Crippen molar-refractivity contribution in [2.24, 2.45) is 7.05 Å². The average molecular weight is 341 g/mol. The maximum atomic E-state index is 2.45. The van der Waals surface area contributed by atoms with E-state index in [1.165, 1.54) is 27.9 Å². The van der Waals surface area contributed by atoms with Crippen LogP contribution < -0.4 is 9.75 Å². The monoisotopic (exact) mass is 340 g/mol. The first-order chi connectivity index (χ1) is 11.0. The van der Waals surface area contributed by atoms with E-state index in [1.54, 1.807) is 5.19 Å². The Labute approximate surface area is 149 Å². The van der Waals surface area contributed by atoms with Crippen LogP contribution in [0.3, 0.4) is 0 Å². The summed E-state index contributed by atoms with van der Waals surface area (Å²) >= 11 is 0. The molecule has 2 aromatic rings. The number of benzene rings is 1. The van der Waals surface area contributed by atoms with Gasteiger partial charge in [0.1, 0.15) is 7.05 Å². The zero-order valence-electron chi connectivity index (χ0n) is 17.0. The molecule has 2 rings (SSSR count). The van der Waals surface area contributed by atoms with Gasteiger partial charge in [0, 0.05) is 16.8 Å². The molecule has 0 aliphatic carbocycles. The molecule has 1 nitrogen and oxygen atoms in total. The SMILES string of the molecule is Cc1ccc(C(C)C)cc1-c1cc(C(C)C)c([Si](C)(C)C)c[n+]1C. The Morgan fingerprint density at radius 2 is 1.54 bits per heavy atom. The molecule has 2 heteroatoms. The van der Waals surface area contributed by atoms with Crippen LogP contribution in [0.25, 0.3) is 11.3 Å². The van der Waals surface area contributed by atoms with Gasteiger partial charge in [-0.1, -0.05) is 59.5 Å². The van der Waals surface area contributed by atoms with Gasteiger partial charge < -0.3 is 0 Å². The standard InChI is InChI=1S/C22H34NSi/c1-15(2)18-11-10-17(5)20(12-18)21-13-19(16(3)4)22(14-23(21)6)24(7,8)9/h10-16H,1-9H3/q+1. The molecule has 0 aliphatic rings. The second kappa shape index (κ2) is 6.83. The summed E-state index contributed by atoms with van der Waals surface area (Å²) in [6.45, 7) is 18.7. The Morgan fingerprint density at radius 1 is 0.917 bits per heavy atom. The van der Waals surface area contributed by atoms with E-state index in [1.807, 2.05) is 0 Å². The minimum Gasteiger partial charge on any atom is -0.201 e. The zero-order valence-corrected chi connectivity index (χ0v) is 18.0. The normalized spacial score (nSPS) is 12.3. The van der Waals surface area contributed by atoms with Gasteiger partial charge in [-0.3, -0.25) is 0 Å². The van der Waals surface area contributed by atoms with E-state index >= 15 is 0 Å². The molecule has 24 heavy (non-hydrogen) atoms. The second-order valence-electron chi connectivity index (χ2n) is 8.77. The highest BCUT2D eigenvalue weighted by Gasteiger charge is 2.27. The minimum absolute atomic E-state index is 0.556. The Bertz CT molecular complexity index is 736. The molecule has 1 aromatic carbocycles. The highest BCUT2D eigenvalue weighted by Crippen LogP contribution is 2.27. The summed E-state index contributed by atoms with van der Waals surface area (Å²) in [5.74, 6) is 1.11. The molecule has 0 saturated carbocycles. The number of aryl methyl sites for hydroxylation is 2. The van der Waals surface area contributed by atoms with Gasteiger partial charge in [-0.25, -0.2) is 4.57 Å². The first-order valence-electron chi connectivity index (χ1n) is 9.17. The van der Waals surface area contributed by atoms with Crippen LogP contribution in [0, 0.1) is 6.92 Å². The van der Waals surface area contributed by atoms with Crippen molar-refractivity contribution >= 4 is 13.3 Å². The number of nitrogens with zero attached hydrogens (tertiary/aromatic N) is 1. The van der Waals surface area contributed by atoms with Crippen molar-refractivity contribution in [2.45, 2.75) is 66.1 Å². The number of aromatic nitrogens is 1. The lowest BCUT2D eigenvalue weighted by Gasteiger charge is -2.22. The zero-order chi connectivity index (χ0) is 18.2. The van der Waals surface area contributed by atoms with Crippen molar-refractivity contribution in [1.82, 2.24) is 0 Å². The molecule has 0 saturated heterocycles. The number of hydrogen-bond acceptors (Lipinski definition) is 0. The fourth-order valence-electron chi connectivity index (χ4n) is 3.31. The van der Waals surface area contributed by atoms with Crippen LogP contribution in [0.5, 0.6) is 0 Å². The van der Waals surface area contributed by atoms with Crippen LogP contribution in [0.4, 0.5) is 0 Å². The van der Waals surface area contributed by atoms with E-state index in [4.69, 9.17) is 0 Å². The van der Waals surface area contributed by atoms with Crippen LogP contribution in [-0.4, -0.2) is 8.07 Å². The Morgan fingerprint density at radius 3 is 2.04 bits per heavy atom. The Hall–Kier alpha value is -1.41. The van der Waals surface area contributed by atoms with Gasteiger partial charge in [0.2, 0.25) is 5.69 Å². The van der Waals surface area contributed by atoms with E-state index in [0.29, 0.717) is 11.8 Å². The predicted molar refractivity (Wildman–Crippen MR) is 109 cm³/mol. The molecular weight excluding hydrogens is 306 g/mol. The molecule has 1 heterocycles. The summed E-state index contributed by atoms with van der Waals surface area (Å²) < 4.78 is 2.34. The van der Waals surface area contributed by atoms with Crippen LogP contribution in [0.1, 0.15) is 56.2 Å². The van der Waals surface area contributed by atoms with Gasteiger partial charge in [-0.15, -0.1) is 0 Å². The molecular formula is C22H34NSi+. The van der Waals surface area contributed by atoms with Crippen molar-refractivity contribution < 1.29 is 4.57 Å². The lowest BCUT2D eigenvalue weighted by molar-refractivity contribution is -0.659. The number of pyridine rings is 1. The Kier molecular flexibility index (Phi) is 5.39. The number of hydrogen-bond donors (Lipinski definition) is 0. The molecule has 0 N–H and O–H groups in total. The summed E-state index contributed by atoms with van der Waals surface area (Å²) in [6, 6.07) is 9.37. The largest absolute Gasteiger partial charge is 0.212 e. The maximum absolute atomic E-state index is 2.45. The van der Waals surface area contributed by atoms with Crippen molar-refractivity contribution in [3.05, 3.63) is 47.2 Å². The molecule has 0 radical (unpaired) electrons. The van der Waals surface area contributed by atoms with Crippen molar-refractivity contribution in [3.8, 4) is 11.3 Å². The van der Waals surface area contributed by atoms with E-state index in [0.717, 1.165) is 0 Å². The van der Waals surface area contributed by atoms with E-state index in [2.05, 4.69) is 96.3 Å². The molecule has 130 valence electrons. The quantitative estimate of drug-likeness (QED) is 0.527. The fourth-order valence-corrected chi connectivity index (χ4v) is 5.12. The number of rotatable bonds is 4. The predicted octanol–water partition coefficient (Wildman–Crippen LogP) is 5.28. The summed E-state index contributed by atoms with van der Waals surface area (Å²) in [7, 11) is 0.840. The third-order valence-corrected chi connectivity index (χ3v) is 6.97. The van der Waals surface area contributed by atoms with Gasteiger partial charge in [0.25, 0.3) is 0 Å². The molecule has 0 unspecified atom stereocenters. The summed E-state index contributed by atoms with van der Waals surface area (Å²) in [5.41, 5.74) is 6.99. The third kappa shape index (κ3) is 3.80. The van der Waals surface area contributed by atoms with Gasteiger partial charge in [0.15, 0.2) is 6.20 Å².